The van der Waals surface area contributed by atoms with E-state index in [0.717, 1.165) is 12.0 Å². The monoisotopic (exact) mass is 464 g/mol. The summed E-state index contributed by atoms with van der Waals surface area (Å²) in [6, 6.07) is 2.90. The van der Waals surface area contributed by atoms with Crippen LogP contribution in [0, 0.1) is 0 Å². The molecular formula is C18H19F3N2O7S. The van der Waals surface area contributed by atoms with Gasteiger partial charge in [0, 0.05) is 24.2 Å². The minimum Gasteiger partial charge on any atom is -0.477 e. The first kappa shape index (κ1) is 24.3. The Kier molecular flexibility index (Phi) is 6.81. The number of nitrogens with two attached hydrogens (primary N) is 1. The number of hydrogen-bond donors (Lipinski definition) is 3. The molecule has 3 rings (SSSR count). The standard InChI is InChI=1S/C16H18N2O5S.C2HF3O2/c1-9-2-3-10-6-11(24(22,23)5-4-17)7-12-14(10)18(9)8-13(15(12)19)16(20)21;3-2(4,5)1(6)7/h6-9H,2-5,17H2,1H3,(H,20,21);(H,6,7). The quantitative estimate of drug-likeness (QED) is 0.615. The number of sulfone groups is 1. The molecule has 1 unspecified atom stereocenters. The van der Waals surface area contributed by atoms with Gasteiger partial charge in [0.2, 0.25) is 5.43 Å². The molecule has 1 aliphatic heterocycles. The third-order valence-corrected chi connectivity index (χ3v) is 6.43. The van der Waals surface area contributed by atoms with Crippen LogP contribution in [0.15, 0.2) is 28.0 Å². The molecule has 2 aromatic rings. The molecule has 9 nitrogen and oxygen atoms in total. The number of halogens is 3. The van der Waals surface area contributed by atoms with Gasteiger partial charge in [0.1, 0.15) is 5.56 Å². The van der Waals surface area contributed by atoms with Crippen molar-refractivity contribution in [1.29, 1.82) is 0 Å². The van der Waals surface area contributed by atoms with Gasteiger partial charge in [-0.15, -0.1) is 0 Å². The van der Waals surface area contributed by atoms with Crippen molar-refractivity contribution in [2.75, 3.05) is 12.3 Å². The van der Waals surface area contributed by atoms with Crippen LogP contribution in [-0.4, -0.2) is 53.6 Å². The van der Waals surface area contributed by atoms with Gasteiger partial charge in [-0.25, -0.2) is 18.0 Å². The number of carboxylic acid groups (broad SMARTS) is 2. The topological polar surface area (TPSA) is 157 Å². The van der Waals surface area contributed by atoms with Gasteiger partial charge in [-0.3, -0.25) is 4.79 Å². The molecule has 0 fully saturated rings. The van der Waals surface area contributed by atoms with Crippen LogP contribution in [0.25, 0.3) is 10.9 Å². The summed E-state index contributed by atoms with van der Waals surface area (Å²) in [7, 11) is -3.61. The van der Waals surface area contributed by atoms with Gasteiger partial charge in [-0.05, 0) is 37.5 Å². The van der Waals surface area contributed by atoms with E-state index in [4.69, 9.17) is 15.6 Å². The smallest absolute Gasteiger partial charge is 0.477 e. The van der Waals surface area contributed by atoms with E-state index in [1.807, 2.05) is 6.92 Å². The van der Waals surface area contributed by atoms with Crippen molar-refractivity contribution in [3.63, 3.8) is 0 Å². The maximum Gasteiger partial charge on any atom is 0.490 e. The number of nitrogens with zero attached hydrogens (tertiary/aromatic N) is 1. The van der Waals surface area contributed by atoms with E-state index >= 15 is 0 Å². The van der Waals surface area contributed by atoms with Crippen LogP contribution in [0.1, 0.15) is 35.3 Å². The Morgan fingerprint density at radius 1 is 1.26 bits per heavy atom. The number of aliphatic carboxylic acids is 1. The highest BCUT2D eigenvalue weighted by Gasteiger charge is 2.38. The molecule has 2 heterocycles. The first-order valence-electron chi connectivity index (χ1n) is 8.88. The molecule has 1 atom stereocenters. The summed E-state index contributed by atoms with van der Waals surface area (Å²) in [5.74, 6) is -4.30. The number of aromatic carboxylic acids is 1. The molecule has 0 spiro atoms. The van der Waals surface area contributed by atoms with E-state index in [0.29, 0.717) is 11.9 Å². The van der Waals surface area contributed by atoms with Crippen LogP contribution in [0.4, 0.5) is 13.2 Å². The maximum atomic E-state index is 12.5. The molecule has 0 amide bonds. The molecule has 31 heavy (non-hydrogen) atoms. The predicted octanol–water partition coefficient (Wildman–Crippen LogP) is 1.57. The summed E-state index contributed by atoms with van der Waals surface area (Å²) >= 11 is 0. The van der Waals surface area contributed by atoms with Crippen LogP contribution in [0.5, 0.6) is 0 Å². The lowest BCUT2D eigenvalue weighted by Crippen LogP contribution is -2.24. The third-order valence-electron chi connectivity index (χ3n) is 4.70. The zero-order chi connectivity index (χ0) is 23.7. The summed E-state index contributed by atoms with van der Waals surface area (Å²) < 4.78 is 58.2. The Bertz CT molecular complexity index is 1200. The lowest BCUT2D eigenvalue weighted by atomic mass is 9.96. The van der Waals surface area contributed by atoms with E-state index in [1.165, 1.54) is 12.3 Å². The van der Waals surface area contributed by atoms with Gasteiger partial charge in [0.15, 0.2) is 9.84 Å². The van der Waals surface area contributed by atoms with Crippen LogP contribution in [0.3, 0.4) is 0 Å². The summed E-state index contributed by atoms with van der Waals surface area (Å²) in [6.07, 6.45) is -2.35. The van der Waals surface area contributed by atoms with Crippen molar-refractivity contribution in [3.05, 3.63) is 39.7 Å². The number of carboxylic acids is 2. The molecule has 1 aromatic heterocycles. The fourth-order valence-corrected chi connectivity index (χ4v) is 4.36. The molecule has 13 heteroatoms. The van der Waals surface area contributed by atoms with Gasteiger partial charge in [0.25, 0.3) is 0 Å². The normalized spacial score (nSPS) is 15.8. The predicted molar refractivity (Wildman–Crippen MR) is 103 cm³/mol. The molecule has 0 saturated carbocycles. The van der Waals surface area contributed by atoms with Gasteiger partial charge in [0.05, 0.1) is 16.2 Å². The molecule has 4 N–H and O–H groups in total. The second-order valence-electron chi connectivity index (χ2n) is 6.86. The largest absolute Gasteiger partial charge is 0.490 e. The Balaban J connectivity index is 0.000000423. The highest BCUT2D eigenvalue weighted by Crippen LogP contribution is 2.32. The highest BCUT2D eigenvalue weighted by atomic mass is 32.2. The zero-order valence-corrected chi connectivity index (χ0v) is 17.0. The number of aryl methyl sites for hydroxylation is 1. The van der Waals surface area contributed by atoms with E-state index < -0.39 is 33.4 Å². The van der Waals surface area contributed by atoms with Gasteiger partial charge in [-0.1, -0.05) is 0 Å². The van der Waals surface area contributed by atoms with E-state index in [2.05, 4.69) is 0 Å². The summed E-state index contributed by atoms with van der Waals surface area (Å²) in [5.41, 5.74) is 5.72. The van der Waals surface area contributed by atoms with Crippen LogP contribution < -0.4 is 11.2 Å². The fourth-order valence-electron chi connectivity index (χ4n) is 3.20. The van der Waals surface area contributed by atoms with E-state index in [-0.39, 0.29) is 34.2 Å². The van der Waals surface area contributed by atoms with Gasteiger partial charge < -0.3 is 20.5 Å². The fraction of sp³-hybridized carbons (Fsp3) is 0.389. The van der Waals surface area contributed by atoms with Crippen molar-refractivity contribution in [1.82, 2.24) is 4.57 Å². The number of carbonyl (C=O) groups is 2. The summed E-state index contributed by atoms with van der Waals surface area (Å²) in [4.78, 5) is 32.8. The molecule has 170 valence electrons. The molecule has 1 aromatic carbocycles. The van der Waals surface area contributed by atoms with E-state index in [1.54, 1.807) is 10.6 Å². The number of pyridine rings is 1. The number of aromatic nitrogens is 1. The Morgan fingerprint density at radius 3 is 2.32 bits per heavy atom. The molecule has 0 saturated heterocycles. The molecular weight excluding hydrogens is 445 g/mol. The maximum absolute atomic E-state index is 12.5. The number of rotatable bonds is 4. The SMILES string of the molecule is CC1CCc2cc(S(=O)(=O)CCN)cc3c(=O)c(C(=O)O)cn1c23.O=C(O)C(F)(F)F. The summed E-state index contributed by atoms with van der Waals surface area (Å²) in [5, 5.41) is 16.5. The third kappa shape index (κ3) is 5.05. The number of benzene rings is 1. The minimum absolute atomic E-state index is 0.0217. The Hall–Kier alpha value is -2.93. The minimum atomic E-state index is -5.08. The number of alkyl halides is 3. The second kappa shape index (κ2) is 8.67. The van der Waals surface area contributed by atoms with E-state index in [9.17, 15) is 36.3 Å². The zero-order valence-electron chi connectivity index (χ0n) is 16.1. The average molecular weight is 464 g/mol. The average Bonchev–Trinajstić information content (AvgIpc) is 2.65. The lowest BCUT2D eigenvalue weighted by Gasteiger charge is -2.27. The second-order valence-corrected chi connectivity index (χ2v) is 8.97. The highest BCUT2D eigenvalue weighted by molar-refractivity contribution is 7.91. The van der Waals surface area contributed by atoms with Crippen molar-refractivity contribution in [2.45, 2.75) is 36.9 Å². The van der Waals surface area contributed by atoms with Crippen molar-refractivity contribution in [2.24, 2.45) is 5.73 Å². The first-order valence-corrected chi connectivity index (χ1v) is 10.5. The van der Waals surface area contributed by atoms with Crippen molar-refractivity contribution in [3.8, 4) is 0 Å². The molecule has 0 bridgehead atoms. The van der Waals surface area contributed by atoms with Crippen LogP contribution in [0.2, 0.25) is 0 Å². The van der Waals surface area contributed by atoms with Crippen LogP contribution >= 0.6 is 0 Å². The molecule has 0 radical (unpaired) electrons. The lowest BCUT2D eigenvalue weighted by molar-refractivity contribution is -0.192. The van der Waals surface area contributed by atoms with Crippen LogP contribution in [-0.2, 0) is 21.1 Å². The summed E-state index contributed by atoms with van der Waals surface area (Å²) in [6.45, 7) is 1.92. The Morgan fingerprint density at radius 2 is 1.84 bits per heavy atom. The van der Waals surface area contributed by atoms with Crippen molar-refractivity contribution < 1.29 is 41.4 Å². The number of hydrogen-bond acceptors (Lipinski definition) is 6. The Labute approximate surface area is 173 Å². The molecule has 1 aliphatic rings. The first-order chi connectivity index (χ1) is 14.2. The molecule has 0 aliphatic carbocycles. The van der Waals surface area contributed by atoms with Gasteiger partial charge in [-0.2, -0.15) is 13.2 Å². The van der Waals surface area contributed by atoms with Crippen molar-refractivity contribution >= 4 is 32.7 Å². The van der Waals surface area contributed by atoms with Gasteiger partial charge >= 0.3 is 18.1 Å².